The van der Waals surface area contributed by atoms with Gasteiger partial charge in [-0.3, -0.25) is 0 Å². The number of hydrogen-bond acceptors (Lipinski definition) is 2. The molecule has 0 radical (unpaired) electrons. The summed E-state index contributed by atoms with van der Waals surface area (Å²) in [5, 5.41) is 9.54. The lowest BCUT2D eigenvalue weighted by Gasteiger charge is -2.04. The highest BCUT2D eigenvalue weighted by Crippen LogP contribution is 2.27. The number of aromatic hydroxyl groups is 1. The minimum Gasteiger partial charge on any atom is -0.504 e. The first-order valence-electron chi connectivity index (χ1n) is 12.2. The largest absolute Gasteiger partial charge is 0.504 e. The van der Waals surface area contributed by atoms with E-state index in [4.69, 9.17) is 4.74 Å². The van der Waals surface area contributed by atoms with Crippen molar-refractivity contribution in [3.8, 4) is 11.5 Å². The third kappa shape index (κ3) is 7.74. The van der Waals surface area contributed by atoms with Crippen LogP contribution in [0.15, 0.2) is 78.9 Å². The molecule has 2 heteroatoms. The molecular formula is C34H36O2. The summed E-state index contributed by atoms with van der Waals surface area (Å²) >= 11 is 0. The number of hydrogen-bond donors (Lipinski definition) is 1. The van der Waals surface area contributed by atoms with Gasteiger partial charge in [-0.25, -0.2) is 0 Å². The van der Waals surface area contributed by atoms with Gasteiger partial charge in [0, 0.05) is 0 Å². The van der Waals surface area contributed by atoms with Gasteiger partial charge < -0.3 is 9.84 Å². The van der Waals surface area contributed by atoms with Crippen LogP contribution in [-0.2, 0) is 0 Å². The molecule has 0 bridgehead atoms. The van der Waals surface area contributed by atoms with Crippen LogP contribution in [0.3, 0.4) is 0 Å². The Labute approximate surface area is 216 Å². The maximum atomic E-state index is 9.54. The van der Waals surface area contributed by atoms with Gasteiger partial charge in [0.1, 0.15) is 0 Å². The first kappa shape index (κ1) is 26.6. The molecule has 2 nitrogen and oxygen atoms in total. The van der Waals surface area contributed by atoms with Crippen LogP contribution >= 0.6 is 0 Å². The van der Waals surface area contributed by atoms with E-state index in [1.54, 1.807) is 13.2 Å². The van der Waals surface area contributed by atoms with Crippen molar-refractivity contribution < 1.29 is 9.84 Å². The first-order chi connectivity index (χ1) is 17.2. The molecule has 0 heterocycles. The summed E-state index contributed by atoms with van der Waals surface area (Å²) in [5.41, 5.74) is 11.2. The van der Waals surface area contributed by atoms with Crippen molar-refractivity contribution in [3.05, 3.63) is 129 Å². The quantitative estimate of drug-likeness (QED) is 0.291. The maximum Gasteiger partial charge on any atom is 0.161 e. The third-order valence-corrected chi connectivity index (χ3v) is 6.28. The molecule has 0 aliphatic carbocycles. The Morgan fingerprint density at radius 3 is 1.39 bits per heavy atom. The zero-order chi connectivity index (χ0) is 26.1. The van der Waals surface area contributed by atoms with Crippen molar-refractivity contribution >= 4 is 24.3 Å². The van der Waals surface area contributed by atoms with Crippen LogP contribution in [0.25, 0.3) is 24.3 Å². The predicted octanol–water partition coefficient (Wildman–Crippen LogP) is 8.97. The highest BCUT2D eigenvalue weighted by atomic mass is 16.5. The second-order valence-electron chi connectivity index (χ2n) is 9.20. The van der Waals surface area contributed by atoms with Gasteiger partial charge in [-0.1, -0.05) is 96.6 Å². The van der Waals surface area contributed by atoms with Gasteiger partial charge in [-0.05, 0) is 91.3 Å². The van der Waals surface area contributed by atoms with Crippen LogP contribution in [0.5, 0.6) is 11.5 Å². The number of phenolic OH excluding ortho intramolecular Hbond substituents is 1. The summed E-state index contributed by atoms with van der Waals surface area (Å²) in [4.78, 5) is 0. The number of ether oxygens (including phenoxy) is 1. The molecule has 4 aromatic carbocycles. The molecule has 184 valence electrons. The molecular weight excluding hydrogens is 440 g/mol. The number of methoxy groups -OCH3 is 1. The summed E-state index contributed by atoms with van der Waals surface area (Å²) in [6, 6.07) is 26.8. The smallest absolute Gasteiger partial charge is 0.161 e. The molecule has 0 aliphatic heterocycles. The minimum absolute atomic E-state index is 0.158. The van der Waals surface area contributed by atoms with Crippen molar-refractivity contribution in [2.24, 2.45) is 0 Å². The number of benzene rings is 4. The van der Waals surface area contributed by atoms with Crippen LogP contribution in [0.2, 0.25) is 0 Å². The summed E-state index contributed by atoms with van der Waals surface area (Å²) in [5.74, 6) is 0.646. The lowest BCUT2D eigenvalue weighted by atomic mass is 10.1. The van der Waals surface area contributed by atoms with Gasteiger partial charge in [0.25, 0.3) is 0 Å². The fourth-order valence-electron chi connectivity index (χ4n) is 3.60. The Morgan fingerprint density at radius 1 is 0.500 bits per heavy atom. The molecule has 0 atom stereocenters. The van der Waals surface area contributed by atoms with Crippen LogP contribution in [0.1, 0.15) is 50.1 Å². The summed E-state index contributed by atoms with van der Waals surface area (Å²) in [6.45, 7) is 10.6. The molecule has 36 heavy (non-hydrogen) atoms. The van der Waals surface area contributed by atoms with Crippen LogP contribution < -0.4 is 4.74 Å². The average molecular weight is 477 g/mol. The van der Waals surface area contributed by atoms with E-state index in [-0.39, 0.29) is 5.75 Å². The molecule has 0 unspecified atom stereocenters. The van der Waals surface area contributed by atoms with E-state index in [1.807, 2.05) is 18.2 Å². The highest BCUT2D eigenvalue weighted by Gasteiger charge is 2.00. The molecule has 4 aromatic rings. The standard InChI is InChI=1S/C17H18O2.C17H18/c1-12-4-5-14(10-13(12)2)6-7-15-8-9-16(18)17(11-15)19-3;1-13-4-7-16(8-5-13)10-11-17-9-6-14(2)15(3)12-17/h4-11,18H,1-3H3;4-12H,1-3H3/b7-6+;11-10+. The zero-order valence-corrected chi connectivity index (χ0v) is 22.2. The minimum atomic E-state index is 0.158. The Bertz CT molecular complexity index is 1360. The Balaban J connectivity index is 0.000000202. The van der Waals surface area contributed by atoms with E-state index < -0.39 is 0 Å². The Morgan fingerprint density at radius 2 is 0.917 bits per heavy atom. The van der Waals surface area contributed by atoms with Gasteiger partial charge in [-0.15, -0.1) is 0 Å². The summed E-state index contributed by atoms with van der Waals surface area (Å²) in [7, 11) is 1.55. The van der Waals surface area contributed by atoms with Gasteiger partial charge in [-0.2, -0.15) is 0 Å². The van der Waals surface area contributed by atoms with Crippen molar-refractivity contribution in [1.82, 2.24) is 0 Å². The fraction of sp³-hybridized carbons (Fsp3) is 0.176. The Kier molecular flexibility index (Phi) is 9.30. The fourth-order valence-corrected chi connectivity index (χ4v) is 3.60. The number of phenols is 1. The molecule has 4 rings (SSSR count). The maximum absolute atomic E-state index is 9.54. The molecule has 0 saturated heterocycles. The van der Waals surface area contributed by atoms with Gasteiger partial charge >= 0.3 is 0 Å². The van der Waals surface area contributed by atoms with E-state index in [2.05, 4.69) is 114 Å². The normalized spacial score (nSPS) is 10.9. The van der Waals surface area contributed by atoms with Crippen molar-refractivity contribution in [1.29, 1.82) is 0 Å². The molecule has 0 saturated carbocycles. The lowest BCUT2D eigenvalue weighted by molar-refractivity contribution is 0.373. The molecule has 0 aromatic heterocycles. The number of rotatable bonds is 5. The molecule has 1 N–H and O–H groups in total. The van der Waals surface area contributed by atoms with Gasteiger partial charge in [0.05, 0.1) is 7.11 Å². The van der Waals surface area contributed by atoms with E-state index >= 15 is 0 Å². The zero-order valence-electron chi connectivity index (χ0n) is 22.2. The van der Waals surface area contributed by atoms with Crippen LogP contribution in [-0.4, -0.2) is 12.2 Å². The average Bonchev–Trinajstić information content (AvgIpc) is 2.87. The van der Waals surface area contributed by atoms with Crippen LogP contribution in [0, 0.1) is 34.6 Å². The van der Waals surface area contributed by atoms with E-state index in [9.17, 15) is 5.11 Å². The Hall–Kier alpha value is -4.04. The van der Waals surface area contributed by atoms with Crippen molar-refractivity contribution in [3.63, 3.8) is 0 Å². The highest BCUT2D eigenvalue weighted by molar-refractivity contribution is 5.71. The predicted molar refractivity (Wildman–Crippen MR) is 156 cm³/mol. The second kappa shape index (κ2) is 12.6. The summed E-state index contributed by atoms with van der Waals surface area (Å²) < 4.78 is 5.09. The topological polar surface area (TPSA) is 29.5 Å². The first-order valence-corrected chi connectivity index (χ1v) is 12.2. The third-order valence-electron chi connectivity index (χ3n) is 6.28. The molecule has 0 fully saturated rings. The van der Waals surface area contributed by atoms with Crippen molar-refractivity contribution in [2.45, 2.75) is 34.6 Å². The molecule has 0 spiro atoms. The molecule has 0 amide bonds. The van der Waals surface area contributed by atoms with E-state index in [0.717, 1.165) is 11.1 Å². The van der Waals surface area contributed by atoms with E-state index in [1.165, 1.54) is 38.9 Å². The van der Waals surface area contributed by atoms with Gasteiger partial charge in [0.15, 0.2) is 11.5 Å². The second-order valence-corrected chi connectivity index (χ2v) is 9.20. The number of aryl methyl sites for hydroxylation is 5. The molecule has 0 aliphatic rings. The van der Waals surface area contributed by atoms with E-state index in [0.29, 0.717) is 5.75 Å². The van der Waals surface area contributed by atoms with Gasteiger partial charge in [0.2, 0.25) is 0 Å². The van der Waals surface area contributed by atoms with Crippen LogP contribution in [0.4, 0.5) is 0 Å². The SMILES string of the molecule is COc1cc(/C=C/c2ccc(C)c(C)c2)ccc1O.Cc1ccc(/C=C/c2ccc(C)c(C)c2)cc1. The van der Waals surface area contributed by atoms with Crippen molar-refractivity contribution in [2.75, 3.05) is 7.11 Å². The monoisotopic (exact) mass is 476 g/mol. The lowest BCUT2D eigenvalue weighted by Crippen LogP contribution is -1.84. The summed E-state index contributed by atoms with van der Waals surface area (Å²) in [6.07, 6.45) is 8.38.